The van der Waals surface area contributed by atoms with Gasteiger partial charge in [-0.2, -0.15) is 5.26 Å². The van der Waals surface area contributed by atoms with Crippen LogP contribution in [0.4, 0.5) is 18.9 Å². The van der Waals surface area contributed by atoms with Crippen LogP contribution in [0.15, 0.2) is 18.2 Å². The van der Waals surface area contributed by atoms with Gasteiger partial charge < -0.3 is 9.64 Å². The van der Waals surface area contributed by atoms with E-state index in [-0.39, 0.29) is 5.56 Å². The Morgan fingerprint density at radius 1 is 1.23 bits per heavy atom. The van der Waals surface area contributed by atoms with Crippen LogP contribution in [-0.4, -0.2) is 44.0 Å². The van der Waals surface area contributed by atoms with Crippen LogP contribution in [0.1, 0.15) is 18.9 Å². The lowest BCUT2D eigenvalue weighted by molar-refractivity contribution is -0.274. The van der Waals surface area contributed by atoms with Crippen molar-refractivity contribution >= 4 is 5.69 Å². The van der Waals surface area contributed by atoms with E-state index in [0.29, 0.717) is 18.8 Å². The highest BCUT2D eigenvalue weighted by atomic mass is 19.4. The minimum atomic E-state index is -4.80. The molecular formula is C15H18F3N3O. The van der Waals surface area contributed by atoms with Crippen molar-refractivity contribution in [3.63, 3.8) is 0 Å². The zero-order chi connectivity index (χ0) is 16.2. The lowest BCUT2D eigenvalue weighted by atomic mass is 10.1. The Morgan fingerprint density at radius 3 is 2.45 bits per heavy atom. The highest BCUT2D eigenvalue weighted by molar-refractivity contribution is 5.65. The molecule has 0 saturated carbocycles. The lowest BCUT2D eigenvalue weighted by Crippen LogP contribution is -2.46. The summed E-state index contributed by atoms with van der Waals surface area (Å²) in [7, 11) is 0. The molecule has 2 rings (SSSR count). The summed E-state index contributed by atoms with van der Waals surface area (Å²) in [6, 6.07) is 6.16. The summed E-state index contributed by atoms with van der Waals surface area (Å²) in [6.07, 6.45) is -3.73. The number of hydrogen-bond acceptors (Lipinski definition) is 4. The number of rotatable bonds is 4. The molecule has 7 heteroatoms. The molecule has 22 heavy (non-hydrogen) atoms. The number of nitriles is 1. The monoisotopic (exact) mass is 313 g/mol. The number of ether oxygens (including phenoxy) is 1. The van der Waals surface area contributed by atoms with E-state index in [1.165, 1.54) is 12.1 Å². The van der Waals surface area contributed by atoms with E-state index in [0.717, 1.165) is 26.1 Å². The molecule has 1 aliphatic heterocycles. The molecule has 1 aromatic carbocycles. The quantitative estimate of drug-likeness (QED) is 0.857. The minimum Gasteiger partial charge on any atom is -0.404 e. The zero-order valence-electron chi connectivity index (χ0n) is 12.4. The first kappa shape index (κ1) is 16.4. The summed E-state index contributed by atoms with van der Waals surface area (Å²) >= 11 is 0. The van der Waals surface area contributed by atoms with Gasteiger partial charge in [-0.25, -0.2) is 0 Å². The van der Waals surface area contributed by atoms with Gasteiger partial charge in [0, 0.05) is 26.2 Å². The molecule has 0 atom stereocenters. The van der Waals surface area contributed by atoms with Crippen molar-refractivity contribution in [3.05, 3.63) is 23.8 Å². The third-order valence-electron chi connectivity index (χ3n) is 3.59. The van der Waals surface area contributed by atoms with E-state index in [9.17, 15) is 18.4 Å². The van der Waals surface area contributed by atoms with Gasteiger partial charge in [0.15, 0.2) is 0 Å². The van der Waals surface area contributed by atoms with Crippen molar-refractivity contribution in [2.45, 2.75) is 19.7 Å². The first-order chi connectivity index (χ1) is 10.4. The van der Waals surface area contributed by atoms with E-state index in [1.807, 2.05) is 11.0 Å². The standard InChI is InChI=1S/C15H18F3N3O/c1-2-6-20-7-9-21(10-8-20)13-4-3-5-14(12(13)11-19)22-15(16,17)18/h3-5H,2,6-10H2,1H3. The van der Waals surface area contributed by atoms with Gasteiger partial charge >= 0.3 is 6.36 Å². The van der Waals surface area contributed by atoms with Crippen LogP contribution in [0.2, 0.25) is 0 Å². The van der Waals surface area contributed by atoms with Crippen molar-refractivity contribution in [2.75, 3.05) is 37.6 Å². The van der Waals surface area contributed by atoms with Crippen LogP contribution in [0.5, 0.6) is 5.75 Å². The second kappa shape index (κ2) is 6.88. The third kappa shape index (κ3) is 4.04. The molecule has 0 unspecified atom stereocenters. The Hall–Kier alpha value is -1.94. The topological polar surface area (TPSA) is 39.5 Å². The summed E-state index contributed by atoms with van der Waals surface area (Å²) < 4.78 is 41.2. The van der Waals surface area contributed by atoms with Crippen LogP contribution in [0, 0.1) is 11.3 Å². The minimum absolute atomic E-state index is 0.0660. The Kier molecular flexibility index (Phi) is 5.14. The van der Waals surface area contributed by atoms with Crippen LogP contribution >= 0.6 is 0 Å². The molecule has 0 spiro atoms. The molecule has 0 bridgehead atoms. The van der Waals surface area contributed by atoms with Crippen molar-refractivity contribution < 1.29 is 17.9 Å². The Morgan fingerprint density at radius 2 is 1.91 bits per heavy atom. The van der Waals surface area contributed by atoms with E-state index >= 15 is 0 Å². The summed E-state index contributed by atoms with van der Waals surface area (Å²) in [5.74, 6) is -0.441. The van der Waals surface area contributed by atoms with E-state index in [2.05, 4.69) is 16.6 Å². The first-order valence-corrected chi connectivity index (χ1v) is 7.20. The summed E-state index contributed by atoms with van der Waals surface area (Å²) in [4.78, 5) is 4.24. The number of alkyl halides is 3. The zero-order valence-corrected chi connectivity index (χ0v) is 12.4. The lowest BCUT2D eigenvalue weighted by Gasteiger charge is -2.36. The summed E-state index contributed by atoms with van der Waals surface area (Å²) in [5.41, 5.74) is 0.434. The van der Waals surface area contributed by atoms with Crippen LogP contribution < -0.4 is 9.64 Å². The van der Waals surface area contributed by atoms with Gasteiger partial charge in [0.2, 0.25) is 0 Å². The molecular weight excluding hydrogens is 295 g/mol. The summed E-state index contributed by atoms with van der Waals surface area (Å²) in [5, 5.41) is 9.23. The molecule has 0 radical (unpaired) electrons. The molecule has 0 aromatic heterocycles. The van der Waals surface area contributed by atoms with E-state index in [4.69, 9.17) is 0 Å². The third-order valence-corrected chi connectivity index (χ3v) is 3.59. The largest absolute Gasteiger partial charge is 0.573 e. The number of benzene rings is 1. The molecule has 4 nitrogen and oxygen atoms in total. The van der Waals surface area contributed by atoms with E-state index < -0.39 is 12.1 Å². The highest BCUT2D eigenvalue weighted by Crippen LogP contribution is 2.32. The van der Waals surface area contributed by atoms with Gasteiger partial charge in [0.05, 0.1) is 5.69 Å². The van der Waals surface area contributed by atoms with Crippen molar-refractivity contribution in [2.24, 2.45) is 0 Å². The second-order valence-electron chi connectivity index (χ2n) is 5.14. The summed E-state index contributed by atoms with van der Waals surface area (Å²) in [6.45, 7) is 6.16. The fourth-order valence-corrected chi connectivity index (χ4v) is 2.63. The molecule has 0 aliphatic carbocycles. The maximum Gasteiger partial charge on any atom is 0.573 e. The van der Waals surface area contributed by atoms with Gasteiger partial charge in [-0.3, -0.25) is 4.90 Å². The number of halogens is 3. The van der Waals surface area contributed by atoms with Gasteiger partial charge in [-0.1, -0.05) is 13.0 Å². The SMILES string of the molecule is CCCN1CCN(c2cccc(OC(F)(F)F)c2C#N)CC1. The maximum atomic E-state index is 12.4. The number of hydrogen-bond donors (Lipinski definition) is 0. The maximum absolute atomic E-state index is 12.4. The predicted molar refractivity (Wildman–Crippen MR) is 76.8 cm³/mol. The Bertz CT molecular complexity index is 546. The van der Waals surface area contributed by atoms with Crippen LogP contribution in [0.3, 0.4) is 0 Å². The fourth-order valence-electron chi connectivity index (χ4n) is 2.63. The Labute approximate surface area is 127 Å². The molecule has 0 amide bonds. The average Bonchev–Trinajstić information content (AvgIpc) is 2.46. The van der Waals surface area contributed by atoms with Crippen LogP contribution in [-0.2, 0) is 0 Å². The molecule has 1 fully saturated rings. The fraction of sp³-hybridized carbons (Fsp3) is 0.533. The molecule has 0 N–H and O–H groups in total. The van der Waals surface area contributed by atoms with Gasteiger partial charge in [0.25, 0.3) is 0 Å². The van der Waals surface area contributed by atoms with Gasteiger partial charge in [0.1, 0.15) is 17.4 Å². The van der Waals surface area contributed by atoms with Crippen molar-refractivity contribution in [3.8, 4) is 11.8 Å². The number of nitrogens with zero attached hydrogens (tertiary/aromatic N) is 3. The number of piperazine rings is 1. The second-order valence-corrected chi connectivity index (χ2v) is 5.14. The molecule has 120 valence electrons. The highest BCUT2D eigenvalue weighted by Gasteiger charge is 2.33. The molecule has 1 aromatic rings. The first-order valence-electron chi connectivity index (χ1n) is 7.20. The van der Waals surface area contributed by atoms with Gasteiger partial charge in [-0.05, 0) is 25.1 Å². The average molecular weight is 313 g/mol. The number of anilines is 1. The van der Waals surface area contributed by atoms with E-state index in [1.54, 1.807) is 6.07 Å². The Balaban J connectivity index is 2.18. The molecule has 1 aliphatic rings. The predicted octanol–water partition coefficient (Wildman–Crippen LogP) is 2.99. The van der Waals surface area contributed by atoms with Crippen molar-refractivity contribution in [1.82, 2.24) is 4.90 Å². The van der Waals surface area contributed by atoms with Crippen molar-refractivity contribution in [1.29, 1.82) is 5.26 Å². The van der Waals surface area contributed by atoms with Crippen LogP contribution in [0.25, 0.3) is 0 Å². The van der Waals surface area contributed by atoms with Gasteiger partial charge in [-0.15, -0.1) is 13.2 Å². The molecule has 1 heterocycles. The molecule has 1 saturated heterocycles. The smallest absolute Gasteiger partial charge is 0.404 e. The normalized spacial score (nSPS) is 16.4.